The Balaban J connectivity index is 1.92. The highest BCUT2D eigenvalue weighted by atomic mass is 79.9. The van der Waals surface area contributed by atoms with Crippen molar-refractivity contribution in [2.24, 2.45) is 17.3 Å². The van der Waals surface area contributed by atoms with Crippen LogP contribution in [0.4, 0.5) is 0 Å². The highest BCUT2D eigenvalue weighted by Gasteiger charge is 2.37. The van der Waals surface area contributed by atoms with Gasteiger partial charge in [0.1, 0.15) is 0 Å². The Morgan fingerprint density at radius 3 is 2.38 bits per heavy atom. The van der Waals surface area contributed by atoms with Crippen LogP contribution >= 0.6 is 15.9 Å². The second-order valence-corrected chi connectivity index (χ2v) is 8.51. The summed E-state index contributed by atoms with van der Waals surface area (Å²) in [5.74, 6) is 1.36. The summed E-state index contributed by atoms with van der Waals surface area (Å²) in [5.41, 5.74) is 0.376. The number of ether oxygens (including phenoxy) is 1. The lowest BCUT2D eigenvalue weighted by Crippen LogP contribution is -2.53. The molecule has 2 aliphatic rings. The van der Waals surface area contributed by atoms with Gasteiger partial charge in [0, 0.05) is 17.8 Å². The average molecular weight is 360 g/mol. The molecule has 0 spiro atoms. The van der Waals surface area contributed by atoms with Crippen molar-refractivity contribution >= 4 is 21.8 Å². The zero-order chi connectivity index (χ0) is 15.6. The van der Waals surface area contributed by atoms with E-state index in [2.05, 4.69) is 48.5 Å². The molecule has 2 rings (SSSR count). The van der Waals surface area contributed by atoms with Gasteiger partial charge >= 0.3 is 0 Å². The molecule has 2 fully saturated rings. The Labute approximate surface area is 137 Å². The molecule has 4 heteroatoms. The Morgan fingerprint density at radius 2 is 1.86 bits per heavy atom. The number of hydrogen-bond acceptors (Lipinski definition) is 2. The van der Waals surface area contributed by atoms with Gasteiger partial charge in [0.05, 0.1) is 18.8 Å². The topological polar surface area (TPSA) is 29.5 Å². The Bertz CT molecular complexity index is 358. The van der Waals surface area contributed by atoms with Crippen LogP contribution in [0.5, 0.6) is 0 Å². The average Bonchev–Trinajstić information content (AvgIpc) is 2.46. The maximum Gasteiger partial charge on any atom is 0.226 e. The minimum absolute atomic E-state index is 0.149. The summed E-state index contributed by atoms with van der Waals surface area (Å²) in [6.45, 7) is 10.5. The number of amides is 1. The number of alkyl halides is 1. The van der Waals surface area contributed by atoms with Crippen molar-refractivity contribution in [1.29, 1.82) is 0 Å². The van der Waals surface area contributed by atoms with Crippen LogP contribution in [0.1, 0.15) is 53.4 Å². The molecule has 1 heterocycles. The van der Waals surface area contributed by atoms with Gasteiger partial charge in [-0.25, -0.2) is 0 Å². The number of rotatable bonds is 2. The van der Waals surface area contributed by atoms with Gasteiger partial charge in [-0.15, -0.1) is 0 Å². The van der Waals surface area contributed by atoms with Gasteiger partial charge in [-0.2, -0.15) is 0 Å². The van der Waals surface area contributed by atoms with E-state index in [-0.39, 0.29) is 18.1 Å². The lowest BCUT2D eigenvalue weighted by molar-refractivity contribution is -0.148. The van der Waals surface area contributed by atoms with Crippen LogP contribution < -0.4 is 0 Å². The fraction of sp³-hybridized carbons (Fsp3) is 0.941. The molecular weight excluding hydrogens is 330 g/mol. The molecule has 1 saturated carbocycles. The summed E-state index contributed by atoms with van der Waals surface area (Å²) >= 11 is 3.47. The molecular formula is C17H30BrNO2. The van der Waals surface area contributed by atoms with Crippen LogP contribution in [0.3, 0.4) is 0 Å². The van der Waals surface area contributed by atoms with Crippen molar-refractivity contribution in [2.75, 3.05) is 18.5 Å². The molecule has 1 saturated heterocycles. The monoisotopic (exact) mass is 359 g/mol. The molecule has 1 amide bonds. The third kappa shape index (κ3) is 4.22. The molecule has 0 aromatic carbocycles. The Morgan fingerprint density at radius 1 is 1.24 bits per heavy atom. The zero-order valence-corrected chi connectivity index (χ0v) is 15.5. The van der Waals surface area contributed by atoms with Crippen molar-refractivity contribution in [3.63, 3.8) is 0 Å². The molecule has 2 unspecified atom stereocenters. The van der Waals surface area contributed by atoms with Gasteiger partial charge in [-0.1, -0.05) is 36.7 Å². The van der Waals surface area contributed by atoms with Crippen LogP contribution in [0, 0.1) is 17.3 Å². The number of nitrogens with zero attached hydrogens (tertiary/aromatic N) is 1. The Kier molecular flexibility index (Phi) is 5.75. The first-order chi connectivity index (χ1) is 9.82. The van der Waals surface area contributed by atoms with Crippen LogP contribution in [0.25, 0.3) is 0 Å². The van der Waals surface area contributed by atoms with E-state index in [0.717, 1.165) is 30.6 Å². The molecule has 1 aliphatic heterocycles. The van der Waals surface area contributed by atoms with Gasteiger partial charge in [0.25, 0.3) is 0 Å². The van der Waals surface area contributed by atoms with Crippen molar-refractivity contribution in [2.45, 2.75) is 65.5 Å². The minimum atomic E-state index is 0.149. The van der Waals surface area contributed by atoms with Gasteiger partial charge in [-0.3, -0.25) is 4.79 Å². The van der Waals surface area contributed by atoms with E-state index in [9.17, 15) is 4.79 Å². The molecule has 21 heavy (non-hydrogen) atoms. The van der Waals surface area contributed by atoms with E-state index in [1.807, 2.05) is 0 Å². The second-order valence-electron chi connectivity index (χ2n) is 7.86. The number of halogens is 1. The van der Waals surface area contributed by atoms with E-state index in [1.54, 1.807) is 0 Å². The SMILES string of the molecule is CC1COC(CBr)CN1C(=O)C1CCC(C(C)(C)C)CC1. The fourth-order valence-corrected chi connectivity index (χ4v) is 4.05. The van der Waals surface area contributed by atoms with E-state index in [0.29, 0.717) is 17.9 Å². The van der Waals surface area contributed by atoms with Gasteiger partial charge in [0.15, 0.2) is 0 Å². The number of hydrogen-bond donors (Lipinski definition) is 0. The summed E-state index contributed by atoms with van der Waals surface area (Å²) in [6, 6.07) is 0.216. The lowest BCUT2D eigenvalue weighted by Gasteiger charge is -2.42. The summed E-state index contributed by atoms with van der Waals surface area (Å²) in [7, 11) is 0. The van der Waals surface area contributed by atoms with Crippen LogP contribution in [-0.4, -0.2) is 41.4 Å². The molecule has 3 nitrogen and oxygen atoms in total. The van der Waals surface area contributed by atoms with Gasteiger partial charge in [0.2, 0.25) is 5.91 Å². The zero-order valence-electron chi connectivity index (χ0n) is 13.9. The van der Waals surface area contributed by atoms with E-state index < -0.39 is 0 Å². The Hall–Kier alpha value is -0.0900. The number of carbonyl (C=O) groups is 1. The lowest BCUT2D eigenvalue weighted by atomic mass is 9.69. The molecule has 0 N–H and O–H groups in total. The summed E-state index contributed by atoms with van der Waals surface area (Å²) in [6.07, 6.45) is 4.66. The van der Waals surface area contributed by atoms with E-state index in [1.165, 1.54) is 12.8 Å². The number of carbonyl (C=O) groups excluding carboxylic acids is 1. The first-order valence-electron chi connectivity index (χ1n) is 8.31. The van der Waals surface area contributed by atoms with Crippen LogP contribution in [0.2, 0.25) is 0 Å². The van der Waals surface area contributed by atoms with Gasteiger partial charge < -0.3 is 9.64 Å². The predicted octanol–water partition coefficient (Wildman–Crippen LogP) is 3.85. The van der Waals surface area contributed by atoms with Crippen molar-refractivity contribution in [3.05, 3.63) is 0 Å². The summed E-state index contributed by atoms with van der Waals surface area (Å²) < 4.78 is 5.73. The first-order valence-corrected chi connectivity index (χ1v) is 9.43. The predicted molar refractivity (Wildman–Crippen MR) is 89.6 cm³/mol. The number of morpholine rings is 1. The normalized spacial score (nSPS) is 34.8. The standard InChI is InChI=1S/C17H30BrNO2/c1-12-11-21-15(9-18)10-19(12)16(20)13-5-7-14(8-6-13)17(2,3)4/h12-15H,5-11H2,1-4H3. The van der Waals surface area contributed by atoms with Crippen molar-refractivity contribution in [1.82, 2.24) is 4.90 Å². The second kappa shape index (κ2) is 6.99. The van der Waals surface area contributed by atoms with Crippen molar-refractivity contribution in [3.8, 4) is 0 Å². The van der Waals surface area contributed by atoms with E-state index >= 15 is 0 Å². The quantitative estimate of drug-likeness (QED) is 0.700. The van der Waals surface area contributed by atoms with Crippen molar-refractivity contribution < 1.29 is 9.53 Å². The molecule has 2 atom stereocenters. The molecule has 0 radical (unpaired) electrons. The first kappa shape index (κ1) is 17.3. The van der Waals surface area contributed by atoms with Gasteiger partial charge in [-0.05, 0) is 43.9 Å². The van der Waals surface area contributed by atoms with E-state index in [4.69, 9.17) is 4.74 Å². The van der Waals surface area contributed by atoms with Crippen LogP contribution in [0.15, 0.2) is 0 Å². The molecule has 122 valence electrons. The smallest absolute Gasteiger partial charge is 0.226 e. The fourth-order valence-electron chi connectivity index (χ4n) is 3.66. The largest absolute Gasteiger partial charge is 0.373 e. The minimum Gasteiger partial charge on any atom is -0.373 e. The summed E-state index contributed by atoms with van der Waals surface area (Å²) in [5, 5.41) is 0.806. The molecule has 0 bridgehead atoms. The third-order valence-electron chi connectivity index (χ3n) is 5.26. The molecule has 0 aromatic heterocycles. The maximum absolute atomic E-state index is 12.8. The third-order valence-corrected chi connectivity index (χ3v) is 5.98. The highest BCUT2D eigenvalue weighted by molar-refractivity contribution is 9.09. The molecule has 1 aliphatic carbocycles. The summed E-state index contributed by atoms with van der Waals surface area (Å²) in [4.78, 5) is 14.9. The van der Waals surface area contributed by atoms with Crippen LogP contribution in [-0.2, 0) is 9.53 Å². The maximum atomic E-state index is 12.8. The highest BCUT2D eigenvalue weighted by Crippen LogP contribution is 2.40. The molecule has 0 aromatic rings.